The minimum absolute atomic E-state index is 0.0176. The number of rotatable bonds is 6. The Bertz CT molecular complexity index is 1140. The smallest absolute Gasteiger partial charge is 0.261 e. The van der Waals surface area contributed by atoms with E-state index in [1.54, 1.807) is 18.2 Å². The third kappa shape index (κ3) is 6.24. The molecule has 0 aromatic heterocycles. The molecule has 1 heterocycles. The summed E-state index contributed by atoms with van der Waals surface area (Å²) in [6.45, 7) is 1.76. The number of hydrogen-bond acceptors (Lipinski definition) is 5. The SMILES string of the molecule is CC1C[C@H](NC(=O)COc2ccc(Cl)c(F)c2)CC[C@@H]1NC(=O)[C@H]1CC(=O)c2cc(Cl)ccc2O1. The van der Waals surface area contributed by atoms with Crippen molar-refractivity contribution in [1.29, 1.82) is 0 Å². The highest BCUT2D eigenvalue weighted by atomic mass is 35.5. The van der Waals surface area contributed by atoms with E-state index in [1.807, 2.05) is 6.92 Å². The van der Waals surface area contributed by atoms with Crippen LogP contribution in [0.4, 0.5) is 4.39 Å². The first-order valence-electron chi connectivity index (χ1n) is 11.4. The molecule has 2 aromatic carbocycles. The van der Waals surface area contributed by atoms with Gasteiger partial charge in [0.05, 0.1) is 17.0 Å². The summed E-state index contributed by atoms with van der Waals surface area (Å²) >= 11 is 11.6. The zero-order valence-electron chi connectivity index (χ0n) is 19.0. The van der Waals surface area contributed by atoms with Gasteiger partial charge in [0.1, 0.15) is 17.3 Å². The molecule has 2 aliphatic rings. The van der Waals surface area contributed by atoms with E-state index in [1.165, 1.54) is 12.1 Å². The van der Waals surface area contributed by atoms with Crippen LogP contribution in [0.15, 0.2) is 36.4 Å². The average Bonchev–Trinajstić information content (AvgIpc) is 2.82. The van der Waals surface area contributed by atoms with Crippen LogP contribution in [-0.2, 0) is 9.59 Å². The molecular formula is C25H25Cl2FN2O5. The maximum absolute atomic E-state index is 13.5. The molecule has 4 rings (SSSR count). The van der Waals surface area contributed by atoms with Crippen molar-refractivity contribution in [2.75, 3.05) is 6.61 Å². The lowest BCUT2D eigenvalue weighted by Crippen LogP contribution is -2.52. The molecule has 7 nitrogen and oxygen atoms in total. The Labute approximate surface area is 212 Å². The Morgan fingerprint density at radius 2 is 1.94 bits per heavy atom. The molecule has 2 amide bonds. The molecule has 2 N–H and O–H groups in total. The minimum atomic E-state index is -0.893. The van der Waals surface area contributed by atoms with Gasteiger partial charge in [-0.2, -0.15) is 0 Å². The number of nitrogens with one attached hydrogen (secondary N) is 2. The van der Waals surface area contributed by atoms with Crippen LogP contribution in [0, 0.1) is 11.7 Å². The van der Waals surface area contributed by atoms with E-state index >= 15 is 0 Å². The number of halogens is 3. The topological polar surface area (TPSA) is 93.7 Å². The third-order valence-corrected chi connectivity index (χ3v) is 6.84. The maximum Gasteiger partial charge on any atom is 0.261 e. The van der Waals surface area contributed by atoms with Crippen LogP contribution in [0.5, 0.6) is 11.5 Å². The highest BCUT2D eigenvalue weighted by molar-refractivity contribution is 6.31. The monoisotopic (exact) mass is 522 g/mol. The molecule has 4 atom stereocenters. The van der Waals surface area contributed by atoms with Crippen LogP contribution in [0.25, 0.3) is 0 Å². The fourth-order valence-electron chi connectivity index (χ4n) is 4.44. The van der Waals surface area contributed by atoms with Crippen LogP contribution in [0.2, 0.25) is 10.0 Å². The van der Waals surface area contributed by atoms with Crippen molar-refractivity contribution in [3.05, 3.63) is 57.8 Å². The molecule has 1 unspecified atom stereocenters. The van der Waals surface area contributed by atoms with Gasteiger partial charge in [0.25, 0.3) is 11.8 Å². The van der Waals surface area contributed by atoms with Gasteiger partial charge >= 0.3 is 0 Å². The van der Waals surface area contributed by atoms with Crippen molar-refractivity contribution in [3.8, 4) is 11.5 Å². The largest absolute Gasteiger partial charge is 0.484 e. The zero-order chi connectivity index (χ0) is 25.1. The normalized spacial score (nSPS) is 23.6. The zero-order valence-corrected chi connectivity index (χ0v) is 20.5. The Morgan fingerprint density at radius 3 is 2.69 bits per heavy atom. The summed E-state index contributed by atoms with van der Waals surface area (Å²) < 4.78 is 24.6. The molecule has 0 bridgehead atoms. The van der Waals surface area contributed by atoms with Crippen LogP contribution in [0.1, 0.15) is 43.0 Å². The van der Waals surface area contributed by atoms with Gasteiger partial charge in [-0.15, -0.1) is 0 Å². The second kappa shape index (κ2) is 10.8. The first-order chi connectivity index (χ1) is 16.7. The number of Topliss-reactive ketones (excluding diaryl/α,β-unsaturated/α-hetero) is 1. The standard InChI is InChI=1S/C25H25Cl2FN2O5/c1-13-8-15(29-24(32)12-34-16-4-5-18(27)19(28)10-16)3-6-20(13)30-25(33)23-11-21(31)17-9-14(26)2-7-22(17)35-23/h2,4-5,7,9-10,13,15,20,23H,3,6,8,11-12H2,1H3,(H,29,32)(H,30,33)/t13?,15-,20+,23-/m1/s1. The first-order valence-corrected chi connectivity index (χ1v) is 12.1. The van der Waals surface area contributed by atoms with E-state index in [2.05, 4.69) is 10.6 Å². The van der Waals surface area contributed by atoms with E-state index < -0.39 is 11.9 Å². The Balaban J connectivity index is 1.24. The molecule has 2 aromatic rings. The summed E-state index contributed by atoms with van der Waals surface area (Å²) in [4.78, 5) is 37.5. The maximum atomic E-state index is 13.5. The fraction of sp³-hybridized carbons (Fsp3) is 0.400. The number of carbonyl (C=O) groups excluding carboxylic acids is 3. The molecule has 0 saturated heterocycles. The van der Waals surface area contributed by atoms with Gasteiger partial charge in [-0.3, -0.25) is 14.4 Å². The average molecular weight is 523 g/mol. The second-order valence-corrected chi connectivity index (χ2v) is 9.75. The van der Waals surface area contributed by atoms with Gasteiger partial charge in [0.2, 0.25) is 0 Å². The number of ketones is 1. The predicted octanol–water partition coefficient (Wildman–Crippen LogP) is 4.33. The quantitative estimate of drug-likeness (QED) is 0.588. The highest BCUT2D eigenvalue weighted by Gasteiger charge is 2.35. The van der Waals surface area contributed by atoms with Crippen LogP contribution < -0.4 is 20.1 Å². The summed E-state index contributed by atoms with van der Waals surface area (Å²) in [6, 6.07) is 8.57. The van der Waals surface area contributed by atoms with Gasteiger partial charge in [-0.25, -0.2) is 4.39 Å². The molecule has 0 radical (unpaired) electrons. The molecule has 10 heteroatoms. The van der Waals surface area contributed by atoms with Crippen LogP contribution >= 0.6 is 23.2 Å². The Morgan fingerprint density at radius 1 is 1.14 bits per heavy atom. The first kappa shape index (κ1) is 25.3. The van der Waals surface area contributed by atoms with E-state index in [0.717, 1.165) is 6.07 Å². The number of fused-ring (bicyclic) bond motifs is 1. The van der Waals surface area contributed by atoms with Gasteiger partial charge in [0.15, 0.2) is 18.5 Å². The van der Waals surface area contributed by atoms with E-state index in [0.29, 0.717) is 35.6 Å². The van der Waals surface area contributed by atoms with Gasteiger partial charge in [-0.1, -0.05) is 30.1 Å². The summed E-state index contributed by atoms with van der Waals surface area (Å²) in [5, 5.41) is 6.35. The Hall–Kier alpha value is -2.84. The van der Waals surface area contributed by atoms with Gasteiger partial charge in [0, 0.05) is 23.2 Å². The highest BCUT2D eigenvalue weighted by Crippen LogP contribution is 2.31. The molecule has 1 aliphatic carbocycles. The number of hydrogen-bond donors (Lipinski definition) is 2. The van der Waals surface area contributed by atoms with E-state index in [4.69, 9.17) is 32.7 Å². The lowest BCUT2D eigenvalue weighted by Gasteiger charge is -2.36. The number of amides is 2. The molecular weight excluding hydrogens is 498 g/mol. The molecule has 0 spiro atoms. The number of carbonyl (C=O) groups is 3. The summed E-state index contributed by atoms with van der Waals surface area (Å²) in [6.07, 6.45) is 1.06. The van der Waals surface area contributed by atoms with Crippen molar-refractivity contribution < 1.29 is 28.2 Å². The molecule has 1 saturated carbocycles. The van der Waals surface area contributed by atoms with Gasteiger partial charge < -0.3 is 20.1 Å². The lowest BCUT2D eigenvalue weighted by atomic mass is 9.82. The molecule has 35 heavy (non-hydrogen) atoms. The van der Waals surface area contributed by atoms with Crippen molar-refractivity contribution >= 4 is 40.8 Å². The predicted molar refractivity (Wildman–Crippen MR) is 129 cm³/mol. The molecule has 186 valence electrons. The van der Waals surface area contributed by atoms with Crippen molar-refractivity contribution in [2.24, 2.45) is 5.92 Å². The third-order valence-electron chi connectivity index (χ3n) is 6.30. The van der Waals surface area contributed by atoms with E-state index in [9.17, 15) is 18.8 Å². The van der Waals surface area contributed by atoms with Crippen LogP contribution in [0.3, 0.4) is 0 Å². The number of benzene rings is 2. The summed E-state index contributed by atoms with van der Waals surface area (Å²) in [7, 11) is 0. The lowest BCUT2D eigenvalue weighted by molar-refractivity contribution is -0.130. The fourth-order valence-corrected chi connectivity index (χ4v) is 4.73. The van der Waals surface area contributed by atoms with Crippen molar-refractivity contribution in [1.82, 2.24) is 10.6 Å². The van der Waals surface area contributed by atoms with E-state index in [-0.39, 0.29) is 59.4 Å². The van der Waals surface area contributed by atoms with Crippen molar-refractivity contribution in [2.45, 2.75) is 50.8 Å². The summed E-state index contributed by atoms with van der Waals surface area (Å²) in [5.41, 5.74) is 0.386. The Kier molecular flexibility index (Phi) is 7.82. The van der Waals surface area contributed by atoms with Gasteiger partial charge in [-0.05, 0) is 55.5 Å². The summed E-state index contributed by atoms with van der Waals surface area (Å²) in [5.74, 6) is -0.776. The molecule has 1 fully saturated rings. The number of ether oxygens (including phenoxy) is 2. The second-order valence-electron chi connectivity index (χ2n) is 8.91. The minimum Gasteiger partial charge on any atom is -0.484 e. The molecule has 1 aliphatic heterocycles. The van der Waals surface area contributed by atoms with Crippen molar-refractivity contribution in [3.63, 3.8) is 0 Å². The van der Waals surface area contributed by atoms with Crippen LogP contribution in [-0.4, -0.2) is 42.4 Å².